The number of carboxylic acids is 1. The summed E-state index contributed by atoms with van der Waals surface area (Å²) >= 11 is 0. The van der Waals surface area contributed by atoms with Gasteiger partial charge in [0, 0.05) is 11.6 Å². The van der Waals surface area contributed by atoms with E-state index in [-0.39, 0.29) is 0 Å². The second-order valence-corrected chi connectivity index (χ2v) is 3.90. The Bertz CT molecular complexity index is 379. The number of rotatable bonds is 3. The number of hydrogen-bond donors (Lipinski definition) is 2. The zero-order valence-corrected chi connectivity index (χ0v) is 8.57. The Kier molecular flexibility index (Phi) is 3.04. The number of aliphatic carboxylic acids is 1. The molecule has 0 fully saturated rings. The van der Waals surface area contributed by atoms with Crippen LogP contribution in [0, 0.1) is 5.82 Å². The zero-order valence-electron chi connectivity index (χ0n) is 8.57. The van der Waals surface area contributed by atoms with Crippen LogP contribution in [-0.2, 0) is 10.2 Å². The van der Waals surface area contributed by atoms with E-state index in [2.05, 4.69) is 4.98 Å². The highest BCUT2D eigenvalue weighted by atomic mass is 19.1. The molecule has 0 aromatic carbocycles. The van der Waals surface area contributed by atoms with Gasteiger partial charge in [0.2, 0.25) is 0 Å². The van der Waals surface area contributed by atoms with E-state index in [0.29, 0.717) is 5.69 Å². The van der Waals surface area contributed by atoms with Gasteiger partial charge in [0.1, 0.15) is 11.9 Å². The summed E-state index contributed by atoms with van der Waals surface area (Å²) in [4.78, 5) is 14.7. The molecule has 0 aliphatic carbocycles. The van der Waals surface area contributed by atoms with Crippen molar-refractivity contribution in [2.45, 2.75) is 25.3 Å². The summed E-state index contributed by atoms with van der Waals surface area (Å²) in [6.07, 6.45) is 1.29. The molecule has 1 aromatic heterocycles. The van der Waals surface area contributed by atoms with Gasteiger partial charge >= 0.3 is 5.97 Å². The summed E-state index contributed by atoms with van der Waals surface area (Å²) in [5.74, 6) is -1.59. The molecule has 1 rings (SSSR count). The lowest BCUT2D eigenvalue weighted by molar-refractivity contribution is -0.140. The minimum absolute atomic E-state index is 0.331. The van der Waals surface area contributed by atoms with Gasteiger partial charge in [-0.2, -0.15) is 0 Å². The first kappa shape index (κ1) is 11.6. The van der Waals surface area contributed by atoms with Crippen molar-refractivity contribution in [1.82, 2.24) is 4.98 Å². The maximum Gasteiger partial charge on any atom is 0.321 e. The normalized spacial score (nSPS) is 13.6. The van der Waals surface area contributed by atoms with Crippen LogP contribution in [0.25, 0.3) is 0 Å². The smallest absolute Gasteiger partial charge is 0.321 e. The topological polar surface area (TPSA) is 76.2 Å². The van der Waals surface area contributed by atoms with Crippen LogP contribution in [-0.4, -0.2) is 22.1 Å². The fraction of sp³-hybridized carbons (Fsp3) is 0.400. The number of carboxylic acid groups (broad SMARTS) is 1. The fourth-order valence-electron chi connectivity index (χ4n) is 1.23. The van der Waals surface area contributed by atoms with Gasteiger partial charge in [-0.3, -0.25) is 9.78 Å². The molecule has 5 heteroatoms. The van der Waals surface area contributed by atoms with Crippen molar-refractivity contribution in [3.63, 3.8) is 0 Å². The van der Waals surface area contributed by atoms with Gasteiger partial charge in [-0.1, -0.05) is 13.8 Å². The highest BCUT2D eigenvalue weighted by Crippen LogP contribution is 2.24. The summed E-state index contributed by atoms with van der Waals surface area (Å²) < 4.78 is 12.9. The maximum absolute atomic E-state index is 12.9. The number of hydrogen-bond acceptors (Lipinski definition) is 3. The van der Waals surface area contributed by atoms with Crippen molar-refractivity contribution in [3.05, 3.63) is 29.8 Å². The third-order valence-electron chi connectivity index (χ3n) is 2.43. The SMILES string of the molecule is CC(C)(c1cc(F)ccn1)C(N)C(=O)O. The van der Waals surface area contributed by atoms with E-state index in [1.54, 1.807) is 13.8 Å². The number of pyridine rings is 1. The highest BCUT2D eigenvalue weighted by molar-refractivity contribution is 5.75. The van der Waals surface area contributed by atoms with Crippen molar-refractivity contribution in [2.75, 3.05) is 0 Å². The van der Waals surface area contributed by atoms with E-state index in [1.165, 1.54) is 18.3 Å². The summed E-state index contributed by atoms with van der Waals surface area (Å²) in [5, 5.41) is 8.80. The molecule has 0 aliphatic heterocycles. The standard InChI is InChI=1S/C10H13FN2O2/c1-10(2,8(12)9(14)15)7-5-6(11)3-4-13-7/h3-5,8H,12H2,1-2H3,(H,14,15). The van der Waals surface area contributed by atoms with Crippen LogP contribution in [0.2, 0.25) is 0 Å². The monoisotopic (exact) mass is 212 g/mol. The molecule has 3 N–H and O–H groups in total. The molecule has 1 aromatic rings. The lowest BCUT2D eigenvalue weighted by atomic mass is 9.81. The molecule has 82 valence electrons. The van der Waals surface area contributed by atoms with Crippen LogP contribution >= 0.6 is 0 Å². The van der Waals surface area contributed by atoms with Crippen molar-refractivity contribution in [1.29, 1.82) is 0 Å². The molecule has 1 unspecified atom stereocenters. The third-order valence-corrected chi connectivity index (χ3v) is 2.43. The Morgan fingerprint density at radius 1 is 1.67 bits per heavy atom. The van der Waals surface area contributed by atoms with E-state index >= 15 is 0 Å². The van der Waals surface area contributed by atoms with Gasteiger partial charge in [-0.05, 0) is 12.1 Å². The summed E-state index contributed by atoms with van der Waals surface area (Å²) in [5.41, 5.74) is 4.94. The van der Waals surface area contributed by atoms with Gasteiger partial charge in [0.25, 0.3) is 0 Å². The van der Waals surface area contributed by atoms with Crippen molar-refractivity contribution in [3.8, 4) is 0 Å². The summed E-state index contributed by atoms with van der Waals surface area (Å²) in [6, 6.07) is 1.28. The van der Waals surface area contributed by atoms with E-state index < -0.39 is 23.2 Å². The Morgan fingerprint density at radius 3 is 2.73 bits per heavy atom. The summed E-state index contributed by atoms with van der Waals surface area (Å²) in [7, 11) is 0. The average Bonchev–Trinajstić information content (AvgIpc) is 2.16. The Labute approximate surface area is 86.9 Å². The lowest BCUT2D eigenvalue weighted by Crippen LogP contribution is -2.47. The average molecular weight is 212 g/mol. The van der Waals surface area contributed by atoms with E-state index in [4.69, 9.17) is 10.8 Å². The van der Waals surface area contributed by atoms with Crippen LogP contribution in [0.3, 0.4) is 0 Å². The first-order valence-electron chi connectivity index (χ1n) is 4.46. The minimum Gasteiger partial charge on any atom is -0.480 e. The van der Waals surface area contributed by atoms with E-state index in [9.17, 15) is 9.18 Å². The number of halogens is 1. The molecule has 0 radical (unpaired) electrons. The molecule has 0 saturated heterocycles. The molecular weight excluding hydrogens is 199 g/mol. The molecule has 0 saturated carbocycles. The molecule has 1 atom stereocenters. The minimum atomic E-state index is -1.13. The van der Waals surface area contributed by atoms with E-state index in [0.717, 1.165) is 0 Å². The van der Waals surface area contributed by atoms with Gasteiger partial charge in [-0.25, -0.2) is 4.39 Å². The predicted octanol–water partition coefficient (Wildman–Crippen LogP) is 0.910. The van der Waals surface area contributed by atoms with Crippen LogP contribution in [0.4, 0.5) is 4.39 Å². The second-order valence-electron chi connectivity index (χ2n) is 3.90. The molecule has 0 aliphatic rings. The zero-order chi connectivity index (χ0) is 11.6. The third kappa shape index (κ3) is 2.30. The molecule has 1 heterocycles. The number of aromatic nitrogens is 1. The lowest BCUT2D eigenvalue weighted by Gasteiger charge is -2.27. The molecule has 0 bridgehead atoms. The molecule has 0 amide bonds. The maximum atomic E-state index is 12.9. The number of nitrogens with two attached hydrogens (primary N) is 1. The molecule has 15 heavy (non-hydrogen) atoms. The Hall–Kier alpha value is -1.49. The van der Waals surface area contributed by atoms with Crippen LogP contribution in [0.5, 0.6) is 0 Å². The Balaban J connectivity index is 3.10. The molecular formula is C10H13FN2O2. The van der Waals surface area contributed by atoms with Crippen LogP contribution in [0.15, 0.2) is 18.3 Å². The quantitative estimate of drug-likeness (QED) is 0.780. The van der Waals surface area contributed by atoms with E-state index in [1.807, 2.05) is 0 Å². The second kappa shape index (κ2) is 3.94. The van der Waals surface area contributed by atoms with Gasteiger partial charge < -0.3 is 10.8 Å². The van der Waals surface area contributed by atoms with Crippen LogP contribution < -0.4 is 5.73 Å². The molecule has 0 spiro atoms. The van der Waals surface area contributed by atoms with Crippen molar-refractivity contribution < 1.29 is 14.3 Å². The first-order valence-corrected chi connectivity index (χ1v) is 4.46. The predicted molar refractivity (Wildman–Crippen MR) is 52.8 cm³/mol. The summed E-state index contributed by atoms with van der Waals surface area (Å²) in [6.45, 7) is 3.24. The van der Waals surface area contributed by atoms with Crippen molar-refractivity contribution in [2.24, 2.45) is 5.73 Å². The number of carbonyl (C=O) groups is 1. The first-order chi connectivity index (χ1) is 6.85. The van der Waals surface area contributed by atoms with Gasteiger partial charge in [0.15, 0.2) is 0 Å². The van der Waals surface area contributed by atoms with Crippen LogP contribution in [0.1, 0.15) is 19.5 Å². The fourth-order valence-corrected chi connectivity index (χ4v) is 1.23. The number of nitrogens with zero attached hydrogens (tertiary/aromatic N) is 1. The Morgan fingerprint density at radius 2 is 2.27 bits per heavy atom. The highest BCUT2D eigenvalue weighted by Gasteiger charge is 2.35. The van der Waals surface area contributed by atoms with Gasteiger partial charge in [0.05, 0.1) is 5.69 Å². The largest absolute Gasteiger partial charge is 0.480 e. The molecule has 4 nitrogen and oxygen atoms in total. The van der Waals surface area contributed by atoms with Crippen molar-refractivity contribution >= 4 is 5.97 Å². The van der Waals surface area contributed by atoms with Gasteiger partial charge in [-0.15, -0.1) is 0 Å².